The van der Waals surface area contributed by atoms with Gasteiger partial charge in [0, 0.05) is 11.6 Å². The summed E-state index contributed by atoms with van der Waals surface area (Å²) in [6.45, 7) is 2.27. The van der Waals surface area contributed by atoms with Gasteiger partial charge < -0.3 is 19.2 Å². The van der Waals surface area contributed by atoms with Crippen LogP contribution >= 0.6 is 0 Å². The molecule has 0 spiro atoms. The number of aryl methyl sites for hydroxylation is 1. The van der Waals surface area contributed by atoms with Crippen LogP contribution in [0.3, 0.4) is 0 Å². The number of hydrogen-bond donors (Lipinski definition) is 2. The van der Waals surface area contributed by atoms with Gasteiger partial charge in [0.25, 0.3) is 5.91 Å². The van der Waals surface area contributed by atoms with Crippen LogP contribution in [-0.4, -0.2) is 34.6 Å². The van der Waals surface area contributed by atoms with Crippen LogP contribution in [0.15, 0.2) is 70.2 Å². The highest BCUT2D eigenvalue weighted by atomic mass is 32.2. The van der Waals surface area contributed by atoms with Crippen molar-refractivity contribution in [2.75, 3.05) is 20.3 Å². The smallest absolute Gasteiger partial charge is 0.251 e. The van der Waals surface area contributed by atoms with Gasteiger partial charge in [0.1, 0.15) is 23.9 Å². The highest BCUT2D eigenvalue weighted by molar-refractivity contribution is 7.89. The Labute approximate surface area is 181 Å². The van der Waals surface area contributed by atoms with Crippen LogP contribution in [0.1, 0.15) is 21.7 Å². The van der Waals surface area contributed by atoms with Gasteiger partial charge >= 0.3 is 0 Å². The van der Waals surface area contributed by atoms with E-state index in [4.69, 9.17) is 13.9 Å². The number of amides is 1. The quantitative estimate of drug-likeness (QED) is 0.466. The van der Waals surface area contributed by atoms with Gasteiger partial charge in [-0.05, 0) is 48.9 Å². The van der Waals surface area contributed by atoms with Gasteiger partial charge in [-0.2, -0.15) is 0 Å². The predicted octanol–water partition coefficient (Wildman–Crippen LogP) is 2.88. The molecule has 1 heterocycles. The lowest BCUT2D eigenvalue weighted by molar-refractivity contribution is 0.0946. The van der Waals surface area contributed by atoms with Gasteiger partial charge in [-0.3, -0.25) is 4.79 Å². The van der Waals surface area contributed by atoms with Gasteiger partial charge in [-0.1, -0.05) is 12.1 Å². The molecule has 0 unspecified atom stereocenters. The lowest BCUT2D eigenvalue weighted by Crippen LogP contribution is -2.29. The van der Waals surface area contributed by atoms with E-state index in [1.165, 1.54) is 18.4 Å². The summed E-state index contributed by atoms with van der Waals surface area (Å²) < 4.78 is 43.5. The van der Waals surface area contributed by atoms with E-state index in [-0.39, 0.29) is 36.1 Å². The van der Waals surface area contributed by atoms with Gasteiger partial charge in [-0.25, -0.2) is 13.1 Å². The number of sulfonamides is 1. The van der Waals surface area contributed by atoms with Gasteiger partial charge in [0.2, 0.25) is 10.0 Å². The fraction of sp³-hybridized carbons (Fsp3) is 0.227. The zero-order valence-corrected chi connectivity index (χ0v) is 18.1. The van der Waals surface area contributed by atoms with E-state index in [2.05, 4.69) is 10.0 Å². The van der Waals surface area contributed by atoms with Crippen molar-refractivity contribution in [3.63, 3.8) is 0 Å². The summed E-state index contributed by atoms with van der Waals surface area (Å²) in [6, 6.07) is 14.9. The van der Waals surface area contributed by atoms with Crippen molar-refractivity contribution >= 4 is 15.9 Å². The number of ether oxygens (including phenoxy) is 2. The van der Waals surface area contributed by atoms with E-state index in [0.29, 0.717) is 22.8 Å². The first-order valence-electron chi connectivity index (χ1n) is 9.57. The highest BCUT2D eigenvalue weighted by Crippen LogP contribution is 2.19. The number of carbonyl (C=O) groups is 1. The van der Waals surface area contributed by atoms with Crippen LogP contribution in [0.2, 0.25) is 0 Å². The van der Waals surface area contributed by atoms with Crippen molar-refractivity contribution in [1.82, 2.24) is 10.0 Å². The third kappa shape index (κ3) is 6.09. The van der Waals surface area contributed by atoms with Crippen LogP contribution in [0.4, 0.5) is 0 Å². The predicted molar refractivity (Wildman–Crippen MR) is 115 cm³/mol. The third-order valence-electron chi connectivity index (χ3n) is 4.48. The number of furan rings is 1. The fourth-order valence-corrected chi connectivity index (χ4v) is 3.81. The molecule has 0 fully saturated rings. The maximum Gasteiger partial charge on any atom is 0.251 e. The molecular weight excluding hydrogens is 420 g/mol. The molecule has 8 nitrogen and oxygen atoms in total. The molecule has 0 saturated heterocycles. The molecule has 0 aliphatic carbocycles. The van der Waals surface area contributed by atoms with Crippen molar-refractivity contribution in [3.05, 3.63) is 77.7 Å². The van der Waals surface area contributed by atoms with E-state index in [9.17, 15) is 13.2 Å². The molecule has 0 aliphatic rings. The number of benzene rings is 2. The van der Waals surface area contributed by atoms with E-state index < -0.39 is 10.0 Å². The average Bonchev–Trinajstić information content (AvgIpc) is 3.29. The minimum Gasteiger partial charge on any atom is -0.497 e. The first-order chi connectivity index (χ1) is 14.9. The summed E-state index contributed by atoms with van der Waals surface area (Å²) >= 11 is 0. The summed E-state index contributed by atoms with van der Waals surface area (Å²) in [5.74, 6) is 1.41. The summed E-state index contributed by atoms with van der Waals surface area (Å²) in [5, 5.41) is 2.75. The summed E-state index contributed by atoms with van der Waals surface area (Å²) in [7, 11) is -2.23. The molecule has 0 atom stereocenters. The highest BCUT2D eigenvalue weighted by Gasteiger charge is 2.18. The Kier molecular flexibility index (Phi) is 7.32. The molecule has 0 radical (unpaired) electrons. The van der Waals surface area contributed by atoms with Crippen LogP contribution in [0, 0.1) is 6.92 Å². The Morgan fingerprint density at radius 1 is 1.06 bits per heavy atom. The van der Waals surface area contributed by atoms with Crippen LogP contribution in [0.5, 0.6) is 11.5 Å². The topological polar surface area (TPSA) is 107 Å². The number of nitrogens with one attached hydrogen (secondary N) is 2. The number of rotatable bonds is 10. The van der Waals surface area contributed by atoms with E-state index in [0.717, 1.165) is 0 Å². The molecule has 1 amide bonds. The van der Waals surface area contributed by atoms with Crippen molar-refractivity contribution in [2.24, 2.45) is 0 Å². The standard InChI is InChI=1S/C22H24N2O6S/c1-16-8-9-20(31(26,27)24-15-19-7-4-11-29-19)14-21(16)22(25)23-10-12-30-18-6-3-5-17(13-18)28-2/h3-9,11,13-14,24H,10,12,15H2,1-2H3,(H,23,25). The van der Waals surface area contributed by atoms with Crippen molar-refractivity contribution in [3.8, 4) is 11.5 Å². The number of hydrogen-bond acceptors (Lipinski definition) is 6. The van der Waals surface area contributed by atoms with Crippen LogP contribution < -0.4 is 19.5 Å². The summed E-state index contributed by atoms with van der Waals surface area (Å²) in [4.78, 5) is 12.6. The lowest BCUT2D eigenvalue weighted by Gasteiger charge is -2.12. The second kappa shape index (κ2) is 10.1. The maximum absolute atomic E-state index is 12.6. The Hall–Kier alpha value is -3.30. The van der Waals surface area contributed by atoms with E-state index in [1.807, 2.05) is 12.1 Å². The molecule has 2 N–H and O–H groups in total. The van der Waals surface area contributed by atoms with Crippen LogP contribution in [0.25, 0.3) is 0 Å². The largest absolute Gasteiger partial charge is 0.497 e. The SMILES string of the molecule is COc1cccc(OCCNC(=O)c2cc(S(=O)(=O)NCc3ccco3)ccc2C)c1. The number of carbonyl (C=O) groups excluding carboxylic acids is 1. The molecular formula is C22H24N2O6S. The van der Waals surface area contributed by atoms with Gasteiger partial charge in [0.05, 0.1) is 31.4 Å². The third-order valence-corrected chi connectivity index (χ3v) is 5.88. The van der Waals surface area contributed by atoms with E-state index >= 15 is 0 Å². The molecule has 0 aliphatic heterocycles. The molecule has 9 heteroatoms. The molecule has 31 heavy (non-hydrogen) atoms. The zero-order chi connectivity index (χ0) is 22.3. The average molecular weight is 445 g/mol. The molecule has 1 aromatic heterocycles. The first-order valence-corrected chi connectivity index (χ1v) is 11.0. The molecule has 2 aromatic carbocycles. The maximum atomic E-state index is 12.6. The second-order valence-electron chi connectivity index (χ2n) is 6.66. The minimum atomic E-state index is -3.80. The molecule has 3 aromatic rings. The molecule has 164 valence electrons. The molecule has 0 saturated carbocycles. The number of methoxy groups -OCH3 is 1. The van der Waals surface area contributed by atoms with Crippen LogP contribution in [-0.2, 0) is 16.6 Å². The Bertz CT molecular complexity index is 1130. The lowest BCUT2D eigenvalue weighted by atomic mass is 10.1. The Balaban J connectivity index is 1.59. The minimum absolute atomic E-state index is 0.00226. The second-order valence-corrected chi connectivity index (χ2v) is 8.43. The van der Waals surface area contributed by atoms with Gasteiger partial charge in [-0.15, -0.1) is 0 Å². The summed E-state index contributed by atoms with van der Waals surface area (Å²) in [6.07, 6.45) is 1.47. The first kappa shape index (κ1) is 22.4. The van der Waals surface area contributed by atoms with Crippen molar-refractivity contribution < 1.29 is 27.1 Å². The van der Waals surface area contributed by atoms with Crippen molar-refractivity contribution in [2.45, 2.75) is 18.4 Å². The fourth-order valence-electron chi connectivity index (χ4n) is 2.80. The molecule has 0 bridgehead atoms. The van der Waals surface area contributed by atoms with E-state index in [1.54, 1.807) is 44.4 Å². The Morgan fingerprint density at radius 3 is 2.61 bits per heavy atom. The van der Waals surface area contributed by atoms with Gasteiger partial charge in [0.15, 0.2) is 0 Å². The summed E-state index contributed by atoms with van der Waals surface area (Å²) in [5.41, 5.74) is 0.943. The van der Waals surface area contributed by atoms with Crippen molar-refractivity contribution in [1.29, 1.82) is 0 Å². The zero-order valence-electron chi connectivity index (χ0n) is 17.3. The normalized spacial score (nSPS) is 11.2. The molecule has 3 rings (SSSR count). The Morgan fingerprint density at radius 2 is 1.87 bits per heavy atom. The monoisotopic (exact) mass is 444 g/mol.